The molecule has 0 atom stereocenters. The molecule has 1 aromatic heterocycles. The van der Waals surface area contributed by atoms with Crippen molar-refractivity contribution in [3.05, 3.63) is 65.0 Å². The Morgan fingerprint density at radius 1 is 1.13 bits per heavy atom. The molecule has 7 heteroatoms. The first-order valence-electron chi connectivity index (χ1n) is 10.6. The summed E-state index contributed by atoms with van der Waals surface area (Å²) in [6, 6.07) is 17.8. The predicted octanol–water partition coefficient (Wildman–Crippen LogP) is 3.64. The number of pyridine rings is 1. The first-order valence-corrected chi connectivity index (χ1v) is 11.4. The van der Waals surface area contributed by atoms with E-state index in [0.717, 1.165) is 52.3 Å². The molecule has 2 heterocycles. The highest BCUT2D eigenvalue weighted by atomic mass is 32.2. The monoisotopic (exact) mass is 436 g/mol. The van der Waals surface area contributed by atoms with Crippen LogP contribution in [0.5, 0.6) is 0 Å². The number of hydrogen-bond acceptors (Lipinski definition) is 5. The van der Waals surface area contributed by atoms with E-state index in [0.29, 0.717) is 12.6 Å². The molecule has 1 amide bonds. The molecule has 1 saturated heterocycles. The number of carbonyl (C=O) groups excluding carboxylic acids is 1. The number of amides is 1. The Morgan fingerprint density at radius 2 is 1.84 bits per heavy atom. The molecule has 0 aliphatic carbocycles. The molecule has 2 aromatic carbocycles. The van der Waals surface area contributed by atoms with Gasteiger partial charge in [0.2, 0.25) is 11.5 Å². The minimum absolute atomic E-state index is 0.0179. The van der Waals surface area contributed by atoms with Gasteiger partial charge in [-0.25, -0.2) is 0 Å². The third kappa shape index (κ3) is 5.55. The van der Waals surface area contributed by atoms with Crippen LogP contribution in [0.15, 0.2) is 69.2 Å². The van der Waals surface area contributed by atoms with Crippen molar-refractivity contribution in [2.45, 2.75) is 28.7 Å². The van der Waals surface area contributed by atoms with Crippen molar-refractivity contribution in [3.63, 3.8) is 0 Å². The minimum Gasteiger partial charge on any atom is -0.325 e. The molecule has 162 valence electrons. The maximum absolute atomic E-state index is 12.4. The SMILES string of the molecule is CN(C)C1CCN(CC(=O)Nc2ccc(Sc3cc(=O)[nH]c4ccccc34)cc2)CC1. The summed E-state index contributed by atoms with van der Waals surface area (Å²) in [5.41, 5.74) is 1.50. The Bertz CT molecular complexity index is 1100. The molecular weight excluding hydrogens is 408 g/mol. The van der Waals surface area contributed by atoms with E-state index < -0.39 is 0 Å². The predicted molar refractivity (Wildman–Crippen MR) is 127 cm³/mol. The molecule has 0 saturated carbocycles. The Morgan fingerprint density at radius 3 is 2.55 bits per heavy atom. The largest absolute Gasteiger partial charge is 0.325 e. The van der Waals surface area contributed by atoms with E-state index in [1.165, 1.54) is 0 Å². The van der Waals surface area contributed by atoms with Gasteiger partial charge < -0.3 is 15.2 Å². The number of para-hydroxylation sites is 1. The molecule has 0 unspecified atom stereocenters. The van der Waals surface area contributed by atoms with Gasteiger partial charge in [-0.15, -0.1) is 0 Å². The van der Waals surface area contributed by atoms with Gasteiger partial charge in [0.1, 0.15) is 0 Å². The van der Waals surface area contributed by atoms with Gasteiger partial charge in [-0.3, -0.25) is 14.5 Å². The van der Waals surface area contributed by atoms with E-state index in [-0.39, 0.29) is 11.5 Å². The lowest BCUT2D eigenvalue weighted by Crippen LogP contribution is -2.44. The second-order valence-electron chi connectivity index (χ2n) is 8.19. The number of anilines is 1. The summed E-state index contributed by atoms with van der Waals surface area (Å²) in [6.45, 7) is 2.33. The average Bonchev–Trinajstić information content (AvgIpc) is 2.75. The van der Waals surface area contributed by atoms with Gasteiger partial charge >= 0.3 is 0 Å². The van der Waals surface area contributed by atoms with E-state index in [4.69, 9.17) is 0 Å². The molecule has 6 nitrogen and oxygen atoms in total. The van der Waals surface area contributed by atoms with E-state index in [1.54, 1.807) is 17.8 Å². The highest BCUT2D eigenvalue weighted by molar-refractivity contribution is 7.99. The van der Waals surface area contributed by atoms with Crippen LogP contribution in [0.4, 0.5) is 5.69 Å². The van der Waals surface area contributed by atoms with E-state index >= 15 is 0 Å². The maximum Gasteiger partial charge on any atom is 0.249 e. The van der Waals surface area contributed by atoms with E-state index in [9.17, 15) is 9.59 Å². The molecule has 0 spiro atoms. The van der Waals surface area contributed by atoms with Crippen LogP contribution < -0.4 is 10.9 Å². The van der Waals surface area contributed by atoms with E-state index in [2.05, 4.69) is 34.2 Å². The fourth-order valence-electron chi connectivity index (χ4n) is 3.99. The van der Waals surface area contributed by atoms with Crippen LogP contribution in [0.1, 0.15) is 12.8 Å². The molecule has 0 bridgehead atoms. The molecule has 3 aromatic rings. The molecule has 0 radical (unpaired) electrons. The summed E-state index contributed by atoms with van der Waals surface area (Å²) in [5.74, 6) is 0.0179. The Kier molecular flexibility index (Phi) is 6.75. The number of piperidine rings is 1. The van der Waals surface area contributed by atoms with Gasteiger partial charge in [0.05, 0.1) is 6.54 Å². The molecular formula is C24H28N4O2S. The van der Waals surface area contributed by atoms with Crippen molar-refractivity contribution >= 4 is 34.3 Å². The lowest BCUT2D eigenvalue weighted by molar-refractivity contribution is -0.117. The zero-order valence-electron chi connectivity index (χ0n) is 17.9. The van der Waals surface area contributed by atoms with Crippen molar-refractivity contribution < 1.29 is 4.79 Å². The Balaban J connectivity index is 1.35. The van der Waals surface area contributed by atoms with Crippen molar-refractivity contribution in [2.24, 2.45) is 0 Å². The van der Waals surface area contributed by atoms with Gasteiger partial charge in [-0.05, 0) is 57.3 Å². The summed E-state index contributed by atoms with van der Waals surface area (Å²) >= 11 is 1.54. The summed E-state index contributed by atoms with van der Waals surface area (Å²) in [6.07, 6.45) is 2.20. The van der Waals surface area contributed by atoms with Gasteiger partial charge in [0.15, 0.2) is 0 Å². The fourth-order valence-corrected chi connectivity index (χ4v) is 4.97. The molecule has 4 rings (SSSR count). The quantitative estimate of drug-likeness (QED) is 0.617. The highest BCUT2D eigenvalue weighted by Crippen LogP contribution is 2.32. The van der Waals surface area contributed by atoms with Crippen LogP contribution >= 0.6 is 11.8 Å². The number of nitrogens with zero attached hydrogens (tertiary/aromatic N) is 2. The number of hydrogen-bond donors (Lipinski definition) is 2. The van der Waals surface area contributed by atoms with Crippen molar-refractivity contribution in [1.82, 2.24) is 14.8 Å². The number of H-pyrrole nitrogens is 1. The van der Waals surface area contributed by atoms with Gasteiger partial charge in [0, 0.05) is 51.6 Å². The smallest absolute Gasteiger partial charge is 0.249 e. The maximum atomic E-state index is 12.4. The number of fused-ring (bicyclic) bond motifs is 1. The Labute approximate surface area is 186 Å². The second kappa shape index (κ2) is 9.68. The first kappa shape index (κ1) is 21.6. The summed E-state index contributed by atoms with van der Waals surface area (Å²) < 4.78 is 0. The van der Waals surface area contributed by atoms with Crippen LogP contribution in [-0.2, 0) is 4.79 Å². The van der Waals surface area contributed by atoms with Gasteiger partial charge in [0.25, 0.3) is 0 Å². The van der Waals surface area contributed by atoms with Crippen LogP contribution in [0.3, 0.4) is 0 Å². The molecule has 1 fully saturated rings. The van der Waals surface area contributed by atoms with Crippen molar-refractivity contribution in [1.29, 1.82) is 0 Å². The van der Waals surface area contributed by atoms with Crippen LogP contribution in [0.2, 0.25) is 0 Å². The summed E-state index contributed by atoms with van der Waals surface area (Å²) in [5, 5.41) is 4.01. The number of rotatable bonds is 6. The topological polar surface area (TPSA) is 68.4 Å². The van der Waals surface area contributed by atoms with Crippen LogP contribution in [-0.4, -0.2) is 60.5 Å². The number of aromatic nitrogens is 1. The zero-order chi connectivity index (χ0) is 21.8. The first-order chi connectivity index (χ1) is 15.0. The number of carbonyl (C=O) groups is 1. The normalized spacial score (nSPS) is 15.5. The lowest BCUT2D eigenvalue weighted by atomic mass is 10.0. The highest BCUT2D eigenvalue weighted by Gasteiger charge is 2.21. The van der Waals surface area contributed by atoms with Gasteiger partial charge in [-0.2, -0.15) is 0 Å². The molecule has 1 aliphatic heterocycles. The zero-order valence-corrected chi connectivity index (χ0v) is 18.7. The molecule has 31 heavy (non-hydrogen) atoms. The van der Waals surface area contributed by atoms with Crippen LogP contribution in [0, 0.1) is 0 Å². The van der Waals surface area contributed by atoms with E-state index in [1.807, 2.05) is 48.5 Å². The number of aromatic amines is 1. The molecule has 1 aliphatic rings. The number of benzene rings is 2. The number of nitrogens with one attached hydrogen (secondary N) is 2. The average molecular weight is 437 g/mol. The Hall–Kier alpha value is -2.61. The standard InChI is InChI=1S/C24H28N4O2S/c1-27(2)18-11-13-28(14-12-18)16-24(30)25-17-7-9-19(10-8-17)31-22-15-23(29)26-21-6-4-3-5-20(21)22/h3-10,15,18H,11-14,16H2,1-2H3,(H,25,30)(H,26,29). The third-order valence-electron chi connectivity index (χ3n) is 5.73. The van der Waals surface area contributed by atoms with Crippen molar-refractivity contribution in [2.75, 3.05) is 39.0 Å². The van der Waals surface area contributed by atoms with Crippen molar-refractivity contribution in [3.8, 4) is 0 Å². The minimum atomic E-state index is -0.111. The summed E-state index contributed by atoms with van der Waals surface area (Å²) in [7, 11) is 4.24. The second-order valence-corrected chi connectivity index (χ2v) is 9.30. The van der Waals surface area contributed by atoms with Gasteiger partial charge in [-0.1, -0.05) is 30.0 Å². The summed E-state index contributed by atoms with van der Waals surface area (Å²) in [4.78, 5) is 33.7. The lowest BCUT2D eigenvalue weighted by Gasteiger charge is -2.34. The third-order valence-corrected chi connectivity index (χ3v) is 6.80. The molecule has 2 N–H and O–H groups in total. The fraction of sp³-hybridized carbons (Fsp3) is 0.333. The number of likely N-dealkylation sites (tertiary alicyclic amines) is 1. The van der Waals surface area contributed by atoms with Crippen LogP contribution in [0.25, 0.3) is 10.9 Å².